The van der Waals surface area contributed by atoms with Gasteiger partial charge in [-0.25, -0.2) is 8.42 Å². The van der Waals surface area contributed by atoms with Crippen molar-refractivity contribution >= 4 is 33.8 Å². The molecule has 1 unspecified atom stereocenters. The third-order valence-corrected chi connectivity index (χ3v) is 5.53. The molecule has 2 aliphatic rings. The molecule has 26 heavy (non-hydrogen) atoms. The largest absolute Gasteiger partial charge is 0.448 e. The van der Waals surface area contributed by atoms with Gasteiger partial charge in [0.1, 0.15) is 9.84 Å². The molecule has 1 spiro atoms. The first-order valence-electron chi connectivity index (χ1n) is 8.53. The Morgan fingerprint density at radius 1 is 1.23 bits per heavy atom. The summed E-state index contributed by atoms with van der Waals surface area (Å²) >= 11 is 0. The molecule has 7 nitrogen and oxygen atoms in total. The maximum atomic E-state index is 12.1. The first-order valence-corrected chi connectivity index (χ1v) is 10.6. The second-order valence-electron chi connectivity index (χ2n) is 6.85. The summed E-state index contributed by atoms with van der Waals surface area (Å²) in [5, 5.41) is 2.70. The molecule has 3 N–H and O–H groups in total. The van der Waals surface area contributed by atoms with Crippen LogP contribution in [0.2, 0.25) is 0 Å². The van der Waals surface area contributed by atoms with E-state index in [-0.39, 0.29) is 24.6 Å². The van der Waals surface area contributed by atoms with Crippen LogP contribution >= 0.6 is 12.4 Å². The summed E-state index contributed by atoms with van der Waals surface area (Å²) in [6.07, 6.45) is 6.27. The minimum Gasteiger partial charge on any atom is -0.448 e. The molecular weight excluding hydrogens is 380 g/mol. The molecule has 1 fully saturated rings. The Bertz CT molecular complexity index is 762. The van der Waals surface area contributed by atoms with Crippen molar-refractivity contribution in [1.29, 1.82) is 0 Å². The smallest absolute Gasteiger partial charge is 0.251 e. The van der Waals surface area contributed by atoms with E-state index in [1.54, 1.807) is 18.2 Å². The fourth-order valence-electron chi connectivity index (χ4n) is 3.17. The summed E-state index contributed by atoms with van der Waals surface area (Å²) in [4.78, 5) is 12.1. The summed E-state index contributed by atoms with van der Waals surface area (Å²) in [6, 6.07) is 4.34. The normalized spacial score (nSPS) is 18.8. The highest BCUT2D eigenvalue weighted by atomic mass is 35.5. The number of hydrogen-bond donors (Lipinski definition) is 2. The Kier molecular flexibility index (Phi) is 6.42. The van der Waals surface area contributed by atoms with Crippen molar-refractivity contribution in [2.24, 2.45) is 5.73 Å². The zero-order valence-corrected chi connectivity index (χ0v) is 16.3. The Balaban J connectivity index is 0.00000243. The van der Waals surface area contributed by atoms with Gasteiger partial charge in [-0.1, -0.05) is 6.42 Å². The Morgan fingerprint density at radius 3 is 2.54 bits per heavy atom. The van der Waals surface area contributed by atoms with Crippen LogP contribution in [0.1, 0.15) is 38.5 Å². The van der Waals surface area contributed by atoms with E-state index in [1.807, 2.05) is 0 Å². The van der Waals surface area contributed by atoms with Crippen LogP contribution in [0.5, 0.6) is 11.5 Å². The van der Waals surface area contributed by atoms with Gasteiger partial charge < -0.3 is 20.5 Å². The SMILES string of the molecule is CS(=O)(=O)CCC(N)C(=O)Nc1ccc2c(c1)OC1(CCCCC1)O2.Cl. The lowest BCUT2D eigenvalue weighted by molar-refractivity contribution is -0.117. The number of carbonyl (C=O) groups excluding carboxylic acids is 1. The molecule has 1 heterocycles. The summed E-state index contributed by atoms with van der Waals surface area (Å²) in [5.41, 5.74) is 6.32. The second-order valence-corrected chi connectivity index (χ2v) is 9.11. The number of nitrogens with two attached hydrogens (primary N) is 1. The van der Waals surface area contributed by atoms with E-state index in [2.05, 4.69) is 5.32 Å². The lowest BCUT2D eigenvalue weighted by Gasteiger charge is -2.31. The number of nitrogens with one attached hydrogen (secondary N) is 1. The Morgan fingerprint density at radius 2 is 1.88 bits per heavy atom. The molecular formula is C17H25ClN2O5S. The van der Waals surface area contributed by atoms with Gasteiger partial charge in [0.15, 0.2) is 11.5 Å². The summed E-state index contributed by atoms with van der Waals surface area (Å²) in [6.45, 7) is 0. The highest BCUT2D eigenvalue weighted by molar-refractivity contribution is 7.90. The van der Waals surface area contributed by atoms with Crippen LogP contribution in [0.15, 0.2) is 18.2 Å². The maximum Gasteiger partial charge on any atom is 0.251 e. The molecule has 1 saturated carbocycles. The average molecular weight is 405 g/mol. The van der Waals surface area contributed by atoms with Gasteiger partial charge >= 0.3 is 0 Å². The molecule has 1 atom stereocenters. The van der Waals surface area contributed by atoms with Crippen LogP contribution in [-0.4, -0.2) is 38.2 Å². The van der Waals surface area contributed by atoms with E-state index < -0.39 is 27.6 Å². The lowest BCUT2D eigenvalue weighted by atomic mass is 9.94. The first kappa shape index (κ1) is 20.8. The van der Waals surface area contributed by atoms with Gasteiger partial charge in [0.2, 0.25) is 5.91 Å². The molecule has 1 aliphatic carbocycles. The van der Waals surface area contributed by atoms with Gasteiger partial charge in [0.25, 0.3) is 5.79 Å². The van der Waals surface area contributed by atoms with Gasteiger partial charge in [-0.2, -0.15) is 0 Å². The van der Waals surface area contributed by atoms with Crippen molar-refractivity contribution in [3.63, 3.8) is 0 Å². The van der Waals surface area contributed by atoms with Crippen LogP contribution in [0.25, 0.3) is 0 Å². The Hall–Kier alpha value is -1.51. The zero-order chi connectivity index (χ0) is 18.1. The van der Waals surface area contributed by atoms with Crippen molar-refractivity contribution in [3.05, 3.63) is 18.2 Å². The van der Waals surface area contributed by atoms with E-state index in [0.29, 0.717) is 17.2 Å². The zero-order valence-electron chi connectivity index (χ0n) is 14.7. The molecule has 3 rings (SSSR count). The molecule has 1 aliphatic heterocycles. The van der Waals surface area contributed by atoms with E-state index in [9.17, 15) is 13.2 Å². The predicted molar refractivity (Wildman–Crippen MR) is 102 cm³/mol. The fourth-order valence-corrected chi connectivity index (χ4v) is 3.86. The topological polar surface area (TPSA) is 108 Å². The summed E-state index contributed by atoms with van der Waals surface area (Å²) in [5.74, 6) is 0.195. The van der Waals surface area contributed by atoms with Crippen LogP contribution in [0, 0.1) is 0 Å². The number of anilines is 1. The minimum absolute atomic E-state index is 0. The van der Waals surface area contributed by atoms with E-state index in [4.69, 9.17) is 15.2 Å². The van der Waals surface area contributed by atoms with Crippen LogP contribution in [0.3, 0.4) is 0 Å². The van der Waals surface area contributed by atoms with E-state index in [1.165, 1.54) is 6.42 Å². The predicted octanol–water partition coefficient (Wildman–Crippen LogP) is 2.24. The molecule has 0 aromatic heterocycles. The molecule has 146 valence electrons. The molecule has 1 aromatic carbocycles. The second kappa shape index (κ2) is 8.02. The summed E-state index contributed by atoms with van der Waals surface area (Å²) in [7, 11) is -3.15. The van der Waals surface area contributed by atoms with Crippen molar-refractivity contribution in [2.45, 2.75) is 50.4 Å². The van der Waals surface area contributed by atoms with Gasteiger partial charge in [-0.05, 0) is 31.4 Å². The van der Waals surface area contributed by atoms with Crippen molar-refractivity contribution in [2.75, 3.05) is 17.3 Å². The van der Waals surface area contributed by atoms with Crippen LogP contribution in [-0.2, 0) is 14.6 Å². The number of benzene rings is 1. The third-order valence-electron chi connectivity index (χ3n) is 4.55. The maximum absolute atomic E-state index is 12.1. The van der Waals surface area contributed by atoms with Crippen LogP contribution < -0.4 is 20.5 Å². The standard InChI is InChI=1S/C17H24N2O5S.ClH/c1-25(21,22)10-7-13(18)16(20)19-12-5-6-14-15(11-12)24-17(23-14)8-3-2-4-9-17;/h5-6,11,13H,2-4,7-10,18H2,1H3,(H,19,20);1H. The van der Waals surface area contributed by atoms with Crippen molar-refractivity contribution in [3.8, 4) is 11.5 Å². The number of rotatable bonds is 5. The molecule has 9 heteroatoms. The highest BCUT2D eigenvalue weighted by Gasteiger charge is 2.42. The molecule has 0 saturated heterocycles. The minimum atomic E-state index is -3.15. The first-order chi connectivity index (χ1) is 11.8. The van der Waals surface area contributed by atoms with Gasteiger partial charge in [0, 0.05) is 30.9 Å². The molecule has 0 bridgehead atoms. The number of amides is 1. The highest BCUT2D eigenvalue weighted by Crippen LogP contribution is 2.46. The number of carbonyl (C=O) groups is 1. The Labute approximate surface area is 159 Å². The van der Waals surface area contributed by atoms with Crippen molar-refractivity contribution < 1.29 is 22.7 Å². The molecule has 1 amide bonds. The summed E-state index contributed by atoms with van der Waals surface area (Å²) < 4.78 is 34.4. The van der Waals surface area contributed by atoms with Gasteiger partial charge in [0.05, 0.1) is 11.8 Å². The van der Waals surface area contributed by atoms with E-state index >= 15 is 0 Å². The quantitative estimate of drug-likeness (QED) is 0.779. The number of ether oxygens (including phenoxy) is 2. The number of sulfone groups is 1. The van der Waals surface area contributed by atoms with Gasteiger partial charge in [-0.3, -0.25) is 4.79 Å². The van der Waals surface area contributed by atoms with Gasteiger partial charge in [-0.15, -0.1) is 12.4 Å². The van der Waals surface area contributed by atoms with Crippen molar-refractivity contribution in [1.82, 2.24) is 0 Å². The molecule has 1 aromatic rings. The molecule has 0 radical (unpaired) electrons. The average Bonchev–Trinajstić information content (AvgIpc) is 2.89. The monoisotopic (exact) mass is 404 g/mol. The lowest BCUT2D eigenvalue weighted by Crippen LogP contribution is -2.40. The number of hydrogen-bond acceptors (Lipinski definition) is 6. The van der Waals surface area contributed by atoms with E-state index in [0.717, 1.165) is 31.9 Å². The van der Waals surface area contributed by atoms with Crippen LogP contribution in [0.4, 0.5) is 5.69 Å². The fraction of sp³-hybridized carbons (Fsp3) is 0.588. The third kappa shape index (κ3) is 5.02. The number of fused-ring (bicyclic) bond motifs is 1. The number of halogens is 1.